The second-order valence-electron chi connectivity index (χ2n) is 4.05. The Morgan fingerprint density at radius 1 is 1.54 bits per heavy atom. The van der Waals surface area contributed by atoms with Crippen LogP contribution in [-0.4, -0.2) is 21.3 Å². The van der Waals surface area contributed by atoms with Crippen molar-refractivity contribution >= 4 is 5.95 Å². The molecule has 0 saturated carbocycles. The monoisotopic (exact) mass is 180 g/mol. The molecule has 4 nitrogen and oxygen atoms in total. The van der Waals surface area contributed by atoms with Gasteiger partial charge in [-0.1, -0.05) is 13.8 Å². The van der Waals surface area contributed by atoms with E-state index in [4.69, 9.17) is 0 Å². The lowest BCUT2D eigenvalue weighted by Gasteiger charge is -2.26. The predicted octanol–water partition coefficient (Wildman–Crippen LogP) is 1.28. The van der Waals surface area contributed by atoms with Crippen molar-refractivity contribution in [3.63, 3.8) is 0 Å². The summed E-state index contributed by atoms with van der Waals surface area (Å²) >= 11 is 0. The van der Waals surface area contributed by atoms with Crippen LogP contribution in [0, 0.1) is 18.8 Å². The summed E-state index contributed by atoms with van der Waals surface area (Å²) in [5, 5.41) is 7.63. The zero-order chi connectivity index (χ0) is 9.42. The van der Waals surface area contributed by atoms with Gasteiger partial charge in [0.15, 0.2) is 0 Å². The van der Waals surface area contributed by atoms with Crippen molar-refractivity contribution < 1.29 is 0 Å². The molecule has 0 fully saturated rings. The van der Waals surface area contributed by atoms with Gasteiger partial charge in [-0.2, -0.15) is 10.1 Å². The molecule has 0 amide bonds. The van der Waals surface area contributed by atoms with E-state index >= 15 is 0 Å². The van der Waals surface area contributed by atoms with E-state index in [1.54, 1.807) is 0 Å². The average Bonchev–Trinajstić information content (AvgIpc) is 2.42. The minimum atomic E-state index is 0.675. The summed E-state index contributed by atoms with van der Waals surface area (Å²) in [6.45, 7) is 8.45. The highest BCUT2D eigenvalue weighted by molar-refractivity contribution is 5.27. The highest BCUT2D eigenvalue weighted by Gasteiger charge is 2.22. The van der Waals surface area contributed by atoms with E-state index < -0.39 is 0 Å². The average molecular weight is 180 g/mol. The fourth-order valence-electron chi connectivity index (χ4n) is 1.67. The van der Waals surface area contributed by atoms with E-state index in [0.717, 1.165) is 24.9 Å². The predicted molar refractivity (Wildman–Crippen MR) is 51.6 cm³/mol. The lowest BCUT2D eigenvalue weighted by atomic mass is 9.95. The van der Waals surface area contributed by atoms with Gasteiger partial charge in [-0.3, -0.25) is 0 Å². The lowest BCUT2D eigenvalue weighted by Crippen LogP contribution is -2.31. The maximum atomic E-state index is 4.33. The largest absolute Gasteiger partial charge is 0.354 e. The fourth-order valence-corrected chi connectivity index (χ4v) is 1.67. The molecule has 0 aliphatic carbocycles. The topological polar surface area (TPSA) is 42.7 Å². The Balaban J connectivity index is 2.19. The maximum Gasteiger partial charge on any atom is 0.221 e. The molecule has 1 unspecified atom stereocenters. The summed E-state index contributed by atoms with van der Waals surface area (Å²) in [4.78, 5) is 4.29. The van der Waals surface area contributed by atoms with Crippen molar-refractivity contribution in [3.05, 3.63) is 5.82 Å². The Bertz CT molecular complexity index is 303. The number of aryl methyl sites for hydroxylation is 1. The van der Waals surface area contributed by atoms with Crippen molar-refractivity contribution in [1.29, 1.82) is 0 Å². The molecule has 1 atom stereocenters. The van der Waals surface area contributed by atoms with E-state index in [0.29, 0.717) is 11.8 Å². The molecule has 2 heterocycles. The van der Waals surface area contributed by atoms with Crippen LogP contribution in [0.3, 0.4) is 0 Å². The van der Waals surface area contributed by atoms with Crippen LogP contribution in [0.2, 0.25) is 0 Å². The van der Waals surface area contributed by atoms with Gasteiger partial charge in [0.25, 0.3) is 0 Å². The van der Waals surface area contributed by atoms with E-state index in [1.165, 1.54) is 0 Å². The number of nitrogens with zero attached hydrogens (tertiary/aromatic N) is 3. The number of rotatable bonds is 1. The summed E-state index contributed by atoms with van der Waals surface area (Å²) in [7, 11) is 0. The summed E-state index contributed by atoms with van der Waals surface area (Å²) in [6, 6.07) is 0. The molecule has 0 saturated heterocycles. The van der Waals surface area contributed by atoms with Crippen molar-refractivity contribution in [2.24, 2.45) is 11.8 Å². The molecule has 0 spiro atoms. The number of hydrogen-bond acceptors (Lipinski definition) is 3. The van der Waals surface area contributed by atoms with Gasteiger partial charge in [0.1, 0.15) is 5.82 Å². The minimum absolute atomic E-state index is 0.675. The van der Waals surface area contributed by atoms with Crippen LogP contribution >= 0.6 is 0 Å². The molecular formula is C9H16N4. The van der Waals surface area contributed by atoms with Crippen molar-refractivity contribution in [1.82, 2.24) is 14.8 Å². The lowest BCUT2D eigenvalue weighted by molar-refractivity contribution is 0.321. The molecule has 1 aromatic rings. The van der Waals surface area contributed by atoms with Crippen LogP contribution < -0.4 is 5.32 Å². The molecule has 1 aliphatic rings. The summed E-state index contributed by atoms with van der Waals surface area (Å²) in [5.41, 5.74) is 0. The SMILES string of the molecule is Cc1nc2n(n1)CC(C(C)C)CN2. The second kappa shape index (κ2) is 3.01. The minimum Gasteiger partial charge on any atom is -0.354 e. The van der Waals surface area contributed by atoms with E-state index in [2.05, 4.69) is 29.2 Å². The van der Waals surface area contributed by atoms with Crippen LogP contribution in [0.25, 0.3) is 0 Å². The van der Waals surface area contributed by atoms with Gasteiger partial charge in [0.05, 0.1) is 0 Å². The van der Waals surface area contributed by atoms with Crippen molar-refractivity contribution in [2.75, 3.05) is 11.9 Å². The number of hydrogen-bond donors (Lipinski definition) is 1. The highest BCUT2D eigenvalue weighted by Crippen LogP contribution is 2.20. The van der Waals surface area contributed by atoms with Gasteiger partial charge >= 0.3 is 0 Å². The molecule has 72 valence electrons. The van der Waals surface area contributed by atoms with Crippen molar-refractivity contribution in [3.8, 4) is 0 Å². The molecule has 4 heteroatoms. The second-order valence-corrected chi connectivity index (χ2v) is 4.05. The number of anilines is 1. The number of nitrogens with one attached hydrogen (secondary N) is 1. The molecular weight excluding hydrogens is 164 g/mol. The van der Waals surface area contributed by atoms with Gasteiger partial charge in [-0.05, 0) is 18.8 Å². The third-order valence-corrected chi connectivity index (χ3v) is 2.65. The van der Waals surface area contributed by atoms with E-state index in [1.807, 2.05) is 11.6 Å². The fraction of sp³-hybridized carbons (Fsp3) is 0.778. The highest BCUT2D eigenvalue weighted by atomic mass is 15.4. The van der Waals surface area contributed by atoms with Crippen molar-refractivity contribution in [2.45, 2.75) is 27.3 Å². The quantitative estimate of drug-likeness (QED) is 0.708. The summed E-state index contributed by atoms with van der Waals surface area (Å²) in [5.74, 6) is 3.15. The van der Waals surface area contributed by atoms with Gasteiger partial charge in [0.2, 0.25) is 5.95 Å². The Hall–Kier alpha value is -1.06. The van der Waals surface area contributed by atoms with Gasteiger partial charge in [-0.15, -0.1) is 0 Å². The standard InChI is InChI=1S/C9H16N4/c1-6(2)8-4-10-9-11-7(3)12-13(9)5-8/h6,8H,4-5H2,1-3H3,(H,10,11,12). The van der Waals surface area contributed by atoms with Gasteiger partial charge < -0.3 is 5.32 Å². The molecule has 1 aliphatic heterocycles. The molecule has 1 N–H and O–H groups in total. The normalized spacial score (nSPS) is 21.4. The molecule has 0 bridgehead atoms. The van der Waals surface area contributed by atoms with Crippen LogP contribution in [0.4, 0.5) is 5.95 Å². The Kier molecular flexibility index (Phi) is 1.98. The number of fused-ring (bicyclic) bond motifs is 1. The first kappa shape index (κ1) is 8.53. The molecule has 13 heavy (non-hydrogen) atoms. The van der Waals surface area contributed by atoms with Crippen LogP contribution in [0.1, 0.15) is 19.7 Å². The summed E-state index contributed by atoms with van der Waals surface area (Å²) in [6.07, 6.45) is 0. The molecule has 2 rings (SSSR count). The molecule has 0 aromatic carbocycles. The first-order valence-electron chi connectivity index (χ1n) is 4.82. The Morgan fingerprint density at radius 2 is 2.31 bits per heavy atom. The number of aromatic nitrogens is 3. The zero-order valence-electron chi connectivity index (χ0n) is 8.41. The van der Waals surface area contributed by atoms with E-state index in [9.17, 15) is 0 Å². The molecule has 1 aromatic heterocycles. The zero-order valence-corrected chi connectivity index (χ0v) is 8.41. The smallest absolute Gasteiger partial charge is 0.221 e. The van der Waals surface area contributed by atoms with Crippen LogP contribution in [-0.2, 0) is 6.54 Å². The Morgan fingerprint density at radius 3 is 3.00 bits per heavy atom. The van der Waals surface area contributed by atoms with Gasteiger partial charge in [0, 0.05) is 13.1 Å². The first-order chi connectivity index (χ1) is 6.16. The van der Waals surface area contributed by atoms with Crippen LogP contribution in [0.15, 0.2) is 0 Å². The van der Waals surface area contributed by atoms with Gasteiger partial charge in [-0.25, -0.2) is 4.68 Å². The van der Waals surface area contributed by atoms with E-state index in [-0.39, 0.29) is 0 Å². The van der Waals surface area contributed by atoms with Crippen LogP contribution in [0.5, 0.6) is 0 Å². The summed E-state index contributed by atoms with van der Waals surface area (Å²) < 4.78 is 1.98. The molecule has 0 radical (unpaired) electrons. The maximum absolute atomic E-state index is 4.33. The Labute approximate surface area is 78.4 Å². The first-order valence-corrected chi connectivity index (χ1v) is 4.82. The third-order valence-electron chi connectivity index (χ3n) is 2.65. The third kappa shape index (κ3) is 1.53.